The Balaban J connectivity index is 2.26. The average molecular weight is 277 g/mol. The SMILES string of the molecule is NS(=O)(=O)c1cccc(N=Nc2ccc(O)cc2)c1. The van der Waals surface area contributed by atoms with Crippen molar-refractivity contribution in [2.75, 3.05) is 0 Å². The molecule has 2 rings (SSSR count). The van der Waals surface area contributed by atoms with E-state index in [0.717, 1.165) is 0 Å². The fourth-order valence-electron chi connectivity index (χ4n) is 1.36. The number of nitrogens with two attached hydrogens (primary N) is 1. The molecule has 2 aromatic carbocycles. The van der Waals surface area contributed by atoms with E-state index in [2.05, 4.69) is 10.2 Å². The van der Waals surface area contributed by atoms with Crippen LogP contribution in [0.2, 0.25) is 0 Å². The summed E-state index contributed by atoms with van der Waals surface area (Å²) in [7, 11) is -3.75. The molecule has 0 aliphatic rings. The fourth-order valence-corrected chi connectivity index (χ4v) is 1.91. The number of rotatable bonds is 3. The van der Waals surface area contributed by atoms with Crippen LogP contribution >= 0.6 is 0 Å². The number of aromatic hydroxyl groups is 1. The van der Waals surface area contributed by atoms with E-state index in [-0.39, 0.29) is 10.6 Å². The van der Waals surface area contributed by atoms with Gasteiger partial charge in [-0.25, -0.2) is 13.6 Å². The van der Waals surface area contributed by atoms with Gasteiger partial charge in [-0.1, -0.05) is 6.07 Å². The van der Waals surface area contributed by atoms with Crippen molar-refractivity contribution in [3.8, 4) is 5.75 Å². The topological polar surface area (TPSA) is 105 Å². The molecule has 0 aromatic heterocycles. The van der Waals surface area contributed by atoms with E-state index >= 15 is 0 Å². The molecule has 0 aliphatic carbocycles. The van der Waals surface area contributed by atoms with Gasteiger partial charge >= 0.3 is 0 Å². The number of nitrogens with zero attached hydrogens (tertiary/aromatic N) is 2. The number of benzene rings is 2. The second-order valence-corrected chi connectivity index (χ2v) is 5.32. The lowest BCUT2D eigenvalue weighted by Crippen LogP contribution is -2.11. The third-order valence-corrected chi connectivity index (χ3v) is 3.19. The Labute approximate surface area is 110 Å². The highest BCUT2D eigenvalue weighted by Gasteiger charge is 2.07. The van der Waals surface area contributed by atoms with E-state index in [1.54, 1.807) is 18.2 Å². The van der Waals surface area contributed by atoms with Crippen molar-refractivity contribution in [3.63, 3.8) is 0 Å². The number of phenols is 1. The first-order chi connectivity index (χ1) is 8.95. The summed E-state index contributed by atoms with van der Waals surface area (Å²) in [6, 6.07) is 12.0. The quantitative estimate of drug-likeness (QED) is 0.841. The van der Waals surface area contributed by atoms with Crippen LogP contribution in [0.15, 0.2) is 63.7 Å². The van der Waals surface area contributed by atoms with Gasteiger partial charge in [0.2, 0.25) is 10.0 Å². The second kappa shape index (κ2) is 5.17. The van der Waals surface area contributed by atoms with Crippen LogP contribution in [0.25, 0.3) is 0 Å². The molecule has 0 atom stereocenters. The number of hydrogen-bond acceptors (Lipinski definition) is 5. The molecule has 0 amide bonds. The summed E-state index contributed by atoms with van der Waals surface area (Å²) in [5.41, 5.74) is 0.915. The predicted molar refractivity (Wildman–Crippen MR) is 70.1 cm³/mol. The van der Waals surface area contributed by atoms with E-state index in [4.69, 9.17) is 10.2 Å². The van der Waals surface area contributed by atoms with E-state index in [0.29, 0.717) is 11.4 Å². The van der Waals surface area contributed by atoms with Gasteiger partial charge in [0, 0.05) is 0 Å². The summed E-state index contributed by atoms with van der Waals surface area (Å²) in [5, 5.41) is 22.0. The molecule has 0 bridgehead atoms. The molecule has 0 heterocycles. The van der Waals surface area contributed by atoms with Crippen molar-refractivity contribution in [1.82, 2.24) is 0 Å². The first-order valence-corrected chi connectivity index (χ1v) is 6.83. The van der Waals surface area contributed by atoms with E-state index in [9.17, 15) is 8.42 Å². The van der Waals surface area contributed by atoms with Crippen LogP contribution in [0.1, 0.15) is 0 Å². The predicted octanol–water partition coefficient (Wildman–Crippen LogP) is 2.46. The number of hydrogen-bond donors (Lipinski definition) is 2. The van der Waals surface area contributed by atoms with Gasteiger partial charge in [-0.2, -0.15) is 10.2 Å². The Hall–Kier alpha value is -2.25. The Bertz CT molecular complexity index is 709. The summed E-state index contributed by atoms with van der Waals surface area (Å²) in [5.74, 6) is 0.134. The first kappa shape index (κ1) is 13.2. The zero-order valence-electron chi connectivity index (χ0n) is 9.76. The van der Waals surface area contributed by atoms with Gasteiger partial charge in [-0.15, -0.1) is 0 Å². The van der Waals surface area contributed by atoms with Crippen LogP contribution in [0, 0.1) is 0 Å². The molecule has 0 unspecified atom stereocenters. The van der Waals surface area contributed by atoms with Crippen molar-refractivity contribution in [1.29, 1.82) is 0 Å². The highest BCUT2D eigenvalue weighted by Crippen LogP contribution is 2.22. The molecule has 0 saturated heterocycles. The van der Waals surface area contributed by atoms with E-state index in [1.807, 2.05) is 0 Å². The van der Waals surface area contributed by atoms with Gasteiger partial charge in [-0.3, -0.25) is 0 Å². The molecular formula is C12H11N3O3S. The van der Waals surface area contributed by atoms with Crippen molar-refractivity contribution >= 4 is 21.4 Å². The smallest absolute Gasteiger partial charge is 0.238 e. The third kappa shape index (κ3) is 3.60. The molecule has 0 aliphatic heterocycles. The number of primary sulfonamides is 1. The monoisotopic (exact) mass is 277 g/mol. The van der Waals surface area contributed by atoms with Crippen LogP contribution < -0.4 is 5.14 Å². The summed E-state index contributed by atoms with van der Waals surface area (Å²) in [6.45, 7) is 0. The maximum atomic E-state index is 11.2. The van der Waals surface area contributed by atoms with Crippen molar-refractivity contribution < 1.29 is 13.5 Å². The Morgan fingerprint density at radius 1 is 0.947 bits per heavy atom. The van der Waals surface area contributed by atoms with Crippen LogP contribution in [0.3, 0.4) is 0 Å². The lowest BCUT2D eigenvalue weighted by molar-refractivity contribution is 0.475. The summed E-state index contributed by atoms with van der Waals surface area (Å²) in [4.78, 5) is -0.0188. The summed E-state index contributed by atoms with van der Waals surface area (Å²) >= 11 is 0. The van der Waals surface area contributed by atoms with Crippen molar-refractivity contribution in [2.24, 2.45) is 15.4 Å². The number of phenolic OH excluding ortho intramolecular Hbond substituents is 1. The lowest BCUT2D eigenvalue weighted by Gasteiger charge is -1.98. The molecule has 98 valence electrons. The maximum absolute atomic E-state index is 11.2. The largest absolute Gasteiger partial charge is 0.508 e. The van der Waals surface area contributed by atoms with Gasteiger partial charge in [0.25, 0.3) is 0 Å². The first-order valence-electron chi connectivity index (χ1n) is 5.29. The van der Waals surface area contributed by atoms with Crippen molar-refractivity contribution in [3.05, 3.63) is 48.5 Å². The maximum Gasteiger partial charge on any atom is 0.238 e. The molecule has 19 heavy (non-hydrogen) atoms. The molecule has 2 aromatic rings. The number of azo groups is 1. The van der Waals surface area contributed by atoms with Crippen LogP contribution in [0.5, 0.6) is 5.75 Å². The van der Waals surface area contributed by atoms with Crippen LogP contribution in [-0.4, -0.2) is 13.5 Å². The highest BCUT2D eigenvalue weighted by atomic mass is 32.2. The molecule has 0 saturated carbocycles. The summed E-state index contributed by atoms with van der Waals surface area (Å²) in [6.07, 6.45) is 0. The highest BCUT2D eigenvalue weighted by molar-refractivity contribution is 7.89. The van der Waals surface area contributed by atoms with E-state index < -0.39 is 10.0 Å². The lowest BCUT2D eigenvalue weighted by atomic mass is 10.3. The van der Waals surface area contributed by atoms with Gasteiger partial charge in [0.05, 0.1) is 16.3 Å². The Morgan fingerprint density at radius 2 is 1.58 bits per heavy atom. The summed E-state index contributed by atoms with van der Waals surface area (Å²) < 4.78 is 22.3. The third-order valence-electron chi connectivity index (χ3n) is 2.28. The molecule has 0 fully saturated rings. The van der Waals surface area contributed by atoms with Crippen molar-refractivity contribution in [2.45, 2.75) is 4.90 Å². The Morgan fingerprint density at radius 3 is 2.21 bits per heavy atom. The molecule has 3 N–H and O–H groups in total. The van der Waals surface area contributed by atoms with Gasteiger partial charge in [0.15, 0.2) is 0 Å². The number of sulfonamides is 1. The normalized spacial score (nSPS) is 11.8. The molecule has 6 nitrogen and oxygen atoms in total. The van der Waals surface area contributed by atoms with Crippen LogP contribution in [-0.2, 0) is 10.0 Å². The molecular weight excluding hydrogens is 266 g/mol. The van der Waals surface area contributed by atoms with E-state index in [1.165, 1.54) is 30.3 Å². The van der Waals surface area contributed by atoms with Gasteiger partial charge in [0.1, 0.15) is 5.75 Å². The fraction of sp³-hybridized carbons (Fsp3) is 0. The minimum atomic E-state index is -3.75. The van der Waals surface area contributed by atoms with Crippen LogP contribution in [0.4, 0.5) is 11.4 Å². The molecule has 7 heteroatoms. The molecule has 0 spiro atoms. The standard InChI is InChI=1S/C12H11N3O3S/c13-19(17,18)12-3-1-2-10(8-12)15-14-9-4-6-11(16)7-5-9/h1-8,16H,(H2,13,17,18). The second-order valence-electron chi connectivity index (χ2n) is 3.76. The minimum absolute atomic E-state index is 0.0188. The van der Waals surface area contributed by atoms with Gasteiger partial charge in [-0.05, 0) is 42.5 Å². The van der Waals surface area contributed by atoms with Gasteiger partial charge < -0.3 is 5.11 Å². The average Bonchev–Trinajstić information content (AvgIpc) is 2.37. The minimum Gasteiger partial charge on any atom is -0.508 e. The Kier molecular flexibility index (Phi) is 3.59. The zero-order chi connectivity index (χ0) is 13.9. The molecule has 0 radical (unpaired) electrons. The zero-order valence-corrected chi connectivity index (χ0v) is 10.6.